The maximum atomic E-state index is 12.9. The normalized spacial score (nSPS) is 11.7. The molecule has 20 heavy (non-hydrogen) atoms. The summed E-state index contributed by atoms with van der Waals surface area (Å²) in [5, 5.41) is 9.25. The first kappa shape index (κ1) is 14.9. The van der Waals surface area contributed by atoms with Crippen LogP contribution in [0.3, 0.4) is 0 Å². The van der Waals surface area contributed by atoms with Gasteiger partial charge in [0.1, 0.15) is 11.7 Å². The number of hydrogen-bond donors (Lipinski definition) is 0. The van der Waals surface area contributed by atoms with Crippen LogP contribution in [0.15, 0.2) is 51.4 Å². The van der Waals surface area contributed by atoms with E-state index in [0.29, 0.717) is 15.6 Å². The van der Waals surface area contributed by atoms with E-state index in [-0.39, 0.29) is 5.78 Å². The predicted molar refractivity (Wildman–Crippen MR) is 80.9 cm³/mol. The molecule has 100 valence electrons. The van der Waals surface area contributed by atoms with Crippen molar-refractivity contribution in [2.24, 2.45) is 0 Å². The van der Waals surface area contributed by atoms with E-state index in [1.54, 1.807) is 18.2 Å². The van der Waals surface area contributed by atoms with Gasteiger partial charge in [-0.15, -0.1) is 0 Å². The lowest BCUT2D eigenvalue weighted by atomic mass is 9.92. The SMILES string of the molecule is N#CC(C(=O)c1cc(Br)ccc1Br)c1ccc(F)cc1. The van der Waals surface area contributed by atoms with E-state index in [1.165, 1.54) is 24.3 Å². The minimum atomic E-state index is -0.957. The molecule has 0 radical (unpaired) electrons. The van der Waals surface area contributed by atoms with Crippen LogP contribution in [0.1, 0.15) is 21.8 Å². The molecule has 1 unspecified atom stereocenters. The van der Waals surface area contributed by atoms with Crippen LogP contribution in [-0.4, -0.2) is 5.78 Å². The topological polar surface area (TPSA) is 40.9 Å². The second-order valence-corrected chi connectivity index (χ2v) is 5.87. The van der Waals surface area contributed by atoms with E-state index in [4.69, 9.17) is 0 Å². The van der Waals surface area contributed by atoms with Gasteiger partial charge in [0.25, 0.3) is 0 Å². The molecule has 0 aliphatic carbocycles. The van der Waals surface area contributed by atoms with E-state index in [1.807, 2.05) is 6.07 Å². The summed E-state index contributed by atoms with van der Waals surface area (Å²) >= 11 is 6.60. The smallest absolute Gasteiger partial charge is 0.185 e. The lowest BCUT2D eigenvalue weighted by molar-refractivity contribution is 0.0978. The summed E-state index contributed by atoms with van der Waals surface area (Å²) in [6.45, 7) is 0. The number of Topliss-reactive ketones (excluding diaryl/α,β-unsaturated/α-hetero) is 1. The van der Waals surface area contributed by atoms with Crippen LogP contribution in [0.5, 0.6) is 0 Å². The predicted octanol–water partition coefficient (Wildman–Crippen LogP) is 4.84. The molecule has 0 N–H and O–H groups in total. The van der Waals surface area contributed by atoms with Crippen molar-refractivity contribution in [3.8, 4) is 6.07 Å². The summed E-state index contributed by atoms with van der Waals surface area (Å²) in [7, 11) is 0. The highest BCUT2D eigenvalue weighted by Gasteiger charge is 2.23. The van der Waals surface area contributed by atoms with E-state index in [0.717, 1.165) is 4.47 Å². The minimum Gasteiger partial charge on any atom is -0.292 e. The van der Waals surface area contributed by atoms with E-state index in [9.17, 15) is 14.4 Å². The van der Waals surface area contributed by atoms with Crippen LogP contribution < -0.4 is 0 Å². The monoisotopic (exact) mass is 395 g/mol. The van der Waals surface area contributed by atoms with Crippen molar-refractivity contribution in [1.82, 2.24) is 0 Å². The maximum Gasteiger partial charge on any atom is 0.185 e. The molecule has 5 heteroatoms. The number of hydrogen-bond acceptors (Lipinski definition) is 2. The number of rotatable bonds is 3. The zero-order valence-corrected chi connectivity index (χ0v) is 13.3. The third kappa shape index (κ3) is 3.14. The quantitative estimate of drug-likeness (QED) is 0.696. The second kappa shape index (κ2) is 6.29. The first-order valence-corrected chi connectivity index (χ1v) is 7.26. The average molecular weight is 397 g/mol. The van der Waals surface area contributed by atoms with Gasteiger partial charge in [-0.25, -0.2) is 4.39 Å². The number of nitrogens with zero attached hydrogens (tertiary/aromatic N) is 1. The molecular weight excluding hydrogens is 389 g/mol. The standard InChI is InChI=1S/C15H8Br2FNO/c16-10-3-6-14(17)12(7-10)15(20)13(8-19)9-1-4-11(18)5-2-9/h1-7,13H. The molecule has 0 fully saturated rings. The van der Waals surface area contributed by atoms with Crippen molar-refractivity contribution >= 4 is 37.6 Å². The number of nitriles is 1. The van der Waals surface area contributed by atoms with E-state index < -0.39 is 11.7 Å². The van der Waals surface area contributed by atoms with E-state index in [2.05, 4.69) is 31.9 Å². The molecule has 0 saturated carbocycles. The van der Waals surface area contributed by atoms with Crippen LogP contribution >= 0.6 is 31.9 Å². The lowest BCUT2D eigenvalue weighted by Gasteiger charge is -2.10. The Morgan fingerprint density at radius 2 is 1.80 bits per heavy atom. The summed E-state index contributed by atoms with van der Waals surface area (Å²) in [5.74, 6) is -1.69. The molecular formula is C15H8Br2FNO. The lowest BCUT2D eigenvalue weighted by Crippen LogP contribution is -2.12. The van der Waals surface area contributed by atoms with Crippen molar-refractivity contribution < 1.29 is 9.18 Å². The van der Waals surface area contributed by atoms with Gasteiger partial charge in [-0.2, -0.15) is 5.26 Å². The summed E-state index contributed by atoms with van der Waals surface area (Å²) in [4.78, 5) is 12.5. The molecule has 2 aromatic rings. The Morgan fingerprint density at radius 3 is 2.40 bits per heavy atom. The molecule has 0 aliphatic rings. The molecule has 0 amide bonds. The van der Waals surface area contributed by atoms with Gasteiger partial charge in [-0.1, -0.05) is 44.0 Å². The Labute approximate surface area is 132 Å². The fourth-order valence-electron chi connectivity index (χ4n) is 1.78. The summed E-state index contributed by atoms with van der Waals surface area (Å²) < 4.78 is 14.3. The Balaban J connectivity index is 2.42. The van der Waals surface area contributed by atoms with Crippen molar-refractivity contribution in [2.75, 3.05) is 0 Å². The summed E-state index contributed by atoms with van der Waals surface area (Å²) in [5.41, 5.74) is 0.890. The molecule has 0 aromatic heterocycles. The van der Waals surface area contributed by atoms with E-state index >= 15 is 0 Å². The van der Waals surface area contributed by atoms with Crippen LogP contribution in [0, 0.1) is 17.1 Å². The number of carbonyl (C=O) groups excluding carboxylic acids is 1. The first-order chi connectivity index (χ1) is 9.52. The fourth-order valence-corrected chi connectivity index (χ4v) is 2.58. The highest BCUT2D eigenvalue weighted by atomic mass is 79.9. The maximum absolute atomic E-state index is 12.9. The number of carbonyl (C=O) groups is 1. The zero-order valence-electron chi connectivity index (χ0n) is 10.1. The fraction of sp³-hybridized carbons (Fsp3) is 0.0667. The summed E-state index contributed by atoms with van der Waals surface area (Å²) in [6, 6.07) is 12.5. The van der Waals surface area contributed by atoms with Crippen LogP contribution in [-0.2, 0) is 0 Å². The Hall–Kier alpha value is -1.51. The largest absolute Gasteiger partial charge is 0.292 e. The Bertz CT molecular complexity index is 692. The first-order valence-electron chi connectivity index (χ1n) is 5.67. The van der Waals surface area contributed by atoms with Crippen molar-refractivity contribution in [3.05, 3.63) is 68.4 Å². The molecule has 2 nitrogen and oxygen atoms in total. The number of ketones is 1. The average Bonchev–Trinajstić information content (AvgIpc) is 2.44. The zero-order chi connectivity index (χ0) is 14.7. The van der Waals surface area contributed by atoms with Gasteiger partial charge in [0.15, 0.2) is 5.78 Å². The molecule has 0 heterocycles. The van der Waals surface area contributed by atoms with Gasteiger partial charge in [0.2, 0.25) is 0 Å². The molecule has 2 rings (SSSR count). The molecule has 0 spiro atoms. The third-order valence-corrected chi connectivity index (χ3v) is 3.97. The molecule has 2 aromatic carbocycles. The van der Waals surface area contributed by atoms with Gasteiger partial charge in [0.05, 0.1) is 6.07 Å². The Kier molecular flexibility index (Phi) is 4.69. The second-order valence-electron chi connectivity index (χ2n) is 4.10. The Morgan fingerprint density at radius 1 is 1.15 bits per heavy atom. The molecule has 0 aliphatic heterocycles. The van der Waals surface area contributed by atoms with Gasteiger partial charge in [0, 0.05) is 14.5 Å². The van der Waals surface area contributed by atoms with Gasteiger partial charge < -0.3 is 0 Å². The minimum absolute atomic E-state index is 0.327. The third-order valence-electron chi connectivity index (χ3n) is 2.79. The van der Waals surface area contributed by atoms with Gasteiger partial charge in [-0.05, 0) is 35.9 Å². The van der Waals surface area contributed by atoms with Crippen LogP contribution in [0.4, 0.5) is 4.39 Å². The number of benzene rings is 2. The van der Waals surface area contributed by atoms with Crippen LogP contribution in [0.2, 0.25) is 0 Å². The highest BCUT2D eigenvalue weighted by Crippen LogP contribution is 2.27. The van der Waals surface area contributed by atoms with Crippen molar-refractivity contribution in [2.45, 2.75) is 5.92 Å². The van der Waals surface area contributed by atoms with Gasteiger partial charge in [-0.3, -0.25) is 4.79 Å². The number of halogens is 3. The molecule has 0 saturated heterocycles. The van der Waals surface area contributed by atoms with Crippen molar-refractivity contribution in [3.63, 3.8) is 0 Å². The highest BCUT2D eigenvalue weighted by molar-refractivity contribution is 9.11. The molecule has 1 atom stereocenters. The van der Waals surface area contributed by atoms with Crippen molar-refractivity contribution in [1.29, 1.82) is 5.26 Å². The summed E-state index contributed by atoms with van der Waals surface area (Å²) in [6.07, 6.45) is 0. The molecule has 0 bridgehead atoms. The van der Waals surface area contributed by atoms with Crippen LogP contribution in [0.25, 0.3) is 0 Å². The van der Waals surface area contributed by atoms with Gasteiger partial charge >= 0.3 is 0 Å².